The van der Waals surface area contributed by atoms with Crippen LogP contribution in [0.1, 0.15) is 50.1 Å². The number of rotatable bonds is 10. The molecule has 6 nitrogen and oxygen atoms in total. The first-order valence-corrected chi connectivity index (χ1v) is 11.6. The van der Waals surface area contributed by atoms with Crippen LogP contribution >= 0.6 is 35.7 Å². The van der Waals surface area contributed by atoms with Gasteiger partial charge in [-0.3, -0.25) is 4.99 Å². The molecule has 168 valence electrons. The van der Waals surface area contributed by atoms with E-state index in [1.807, 2.05) is 7.05 Å². The average Bonchev–Trinajstić information content (AvgIpc) is 3.08. The number of hydrogen-bond donors (Lipinski definition) is 2. The second-order valence-corrected chi connectivity index (χ2v) is 8.68. The molecule has 1 atom stereocenters. The first-order valence-electron chi connectivity index (χ1n) is 10.4. The summed E-state index contributed by atoms with van der Waals surface area (Å²) in [6, 6.07) is 8.74. The van der Waals surface area contributed by atoms with Crippen LogP contribution in [0.2, 0.25) is 0 Å². The molecule has 2 aromatic rings. The van der Waals surface area contributed by atoms with Gasteiger partial charge in [-0.05, 0) is 37.0 Å². The number of aromatic nitrogens is 3. The monoisotopic (exact) mass is 544 g/mol. The van der Waals surface area contributed by atoms with Crippen LogP contribution in [0.5, 0.6) is 0 Å². The number of hydrogen-bond acceptors (Lipinski definition) is 4. The minimum atomic E-state index is 0. The number of halogens is 1. The van der Waals surface area contributed by atoms with Crippen LogP contribution in [0.15, 0.2) is 34.4 Å². The zero-order chi connectivity index (χ0) is 21.2. The van der Waals surface area contributed by atoms with Crippen molar-refractivity contribution in [2.24, 2.45) is 10.9 Å². The van der Waals surface area contributed by atoms with Crippen molar-refractivity contribution in [2.75, 3.05) is 26.4 Å². The van der Waals surface area contributed by atoms with Gasteiger partial charge < -0.3 is 15.2 Å². The molecule has 0 saturated carbocycles. The van der Waals surface area contributed by atoms with E-state index in [0.717, 1.165) is 49.4 Å². The lowest BCUT2D eigenvalue weighted by Gasteiger charge is -2.17. The van der Waals surface area contributed by atoms with Gasteiger partial charge >= 0.3 is 0 Å². The highest BCUT2D eigenvalue weighted by molar-refractivity contribution is 14.0. The number of nitrogens with one attached hydrogen (secondary N) is 2. The lowest BCUT2D eigenvalue weighted by atomic mass is 10.0. The third-order valence-electron chi connectivity index (χ3n) is 4.84. The minimum absolute atomic E-state index is 0. The van der Waals surface area contributed by atoms with E-state index in [1.54, 1.807) is 11.8 Å². The van der Waals surface area contributed by atoms with Gasteiger partial charge in [-0.1, -0.05) is 62.4 Å². The van der Waals surface area contributed by atoms with Crippen LogP contribution < -0.4 is 10.6 Å². The second kappa shape index (κ2) is 13.9. The van der Waals surface area contributed by atoms with Gasteiger partial charge in [0.15, 0.2) is 11.1 Å². The van der Waals surface area contributed by atoms with Crippen molar-refractivity contribution in [3.05, 3.63) is 41.2 Å². The van der Waals surface area contributed by atoms with Gasteiger partial charge in [-0.25, -0.2) is 0 Å². The van der Waals surface area contributed by atoms with E-state index in [0.29, 0.717) is 11.8 Å². The summed E-state index contributed by atoms with van der Waals surface area (Å²) in [6.45, 7) is 11.5. The van der Waals surface area contributed by atoms with E-state index < -0.39 is 0 Å². The van der Waals surface area contributed by atoms with E-state index >= 15 is 0 Å². The van der Waals surface area contributed by atoms with E-state index in [4.69, 9.17) is 0 Å². The molecule has 8 heteroatoms. The van der Waals surface area contributed by atoms with Crippen LogP contribution in [0.4, 0.5) is 0 Å². The molecule has 0 saturated heterocycles. The maximum absolute atomic E-state index is 4.39. The van der Waals surface area contributed by atoms with Gasteiger partial charge in [0.25, 0.3) is 0 Å². The molecule has 0 amide bonds. The molecule has 1 heterocycles. The maximum atomic E-state index is 4.39. The number of guanidine groups is 1. The molecular formula is C22H37IN6S. The van der Waals surface area contributed by atoms with Crippen molar-refractivity contribution < 1.29 is 0 Å². The fourth-order valence-corrected chi connectivity index (χ4v) is 3.66. The third-order valence-corrected chi connectivity index (χ3v) is 5.51. The van der Waals surface area contributed by atoms with Gasteiger partial charge in [0.1, 0.15) is 5.82 Å². The molecule has 30 heavy (non-hydrogen) atoms. The molecule has 0 aliphatic carbocycles. The van der Waals surface area contributed by atoms with Gasteiger partial charge in [-0.15, -0.1) is 34.2 Å². The molecule has 0 bridgehead atoms. The molecule has 0 radical (unpaired) electrons. The highest BCUT2D eigenvalue weighted by Crippen LogP contribution is 2.17. The zero-order valence-electron chi connectivity index (χ0n) is 19.1. The van der Waals surface area contributed by atoms with Gasteiger partial charge in [0.05, 0.1) is 0 Å². The number of aryl methyl sites for hydroxylation is 2. The highest BCUT2D eigenvalue weighted by atomic mass is 127. The fraction of sp³-hybridized carbons (Fsp3) is 0.591. The summed E-state index contributed by atoms with van der Waals surface area (Å²) in [5.74, 6) is 2.92. The van der Waals surface area contributed by atoms with E-state index in [-0.39, 0.29) is 24.0 Å². The molecule has 0 fully saturated rings. The zero-order valence-corrected chi connectivity index (χ0v) is 22.3. The van der Waals surface area contributed by atoms with E-state index in [2.05, 4.69) is 88.6 Å². The van der Waals surface area contributed by atoms with Crippen LogP contribution in [0.25, 0.3) is 0 Å². The maximum Gasteiger partial charge on any atom is 0.190 e. The van der Waals surface area contributed by atoms with Crippen LogP contribution in [-0.4, -0.2) is 47.1 Å². The Labute approximate surface area is 203 Å². The van der Waals surface area contributed by atoms with Crippen LogP contribution in [0, 0.1) is 12.8 Å². The SMILES string of the molecule is CN=C(NCCCc1nnc(SC)n1CC(C)C)NCC(C)c1ccc(C)cc1.I. The largest absolute Gasteiger partial charge is 0.356 e. The molecule has 0 spiro atoms. The van der Waals surface area contributed by atoms with Gasteiger partial charge in [-0.2, -0.15) is 0 Å². The molecule has 1 aromatic carbocycles. The Morgan fingerprint density at radius 1 is 1.13 bits per heavy atom. The molecule has 0 aliphatic rings. The molecule has 2 rings (SSSR count). The lowest BCUT2D eigenvalue weighted by molar-refractivity contribution is 0.477. The molecule has 1 unspecified atom stereocenters. The van der Waals surface area contributed by atoms with Crippen LogP contribution in [-0.2, 0) is 13.0 Å². The lowest BCUT2D eigenvalue weighted by Crippen LogP contribution is -2.39. The number of thioether (sulfide) groups is 1. The smallest absolute Gasteiger partial charge is 0.190 e. The van der Waals surface area contributed by atoms with E-state index in [1.165, 1.54) is 11.1 Å². The van der Waals surface area contributed by atoms with Crippen LogP contribution in [0.3, 0.4) is 0 Å². The molecule has 0 aliphatic heterocycles. The van der Waals surface area contributed by atoms with Gasteiger partial charge in [0, 0.05) is 33.1 Å². The van der Waals surface area contributed by atoms with Crippen molar-refractivity contribution in [3.63, 3.8) is 0 Å². The summed E-state index contributed by atoms with van der Waals surface area (Å²) in [5, 5.41) is 16.6. The predicted molar refractivity (Wildman–Crippen MR) is 139 cm³/mol. The van der Waals surface area contributed by atoms with Crippen molar-refractivity contribution in [2.45, 2.75) is 58.2 Å². The van der Waals surface area contributed by atoms with Crippen molar-refractivity contribution >= 4 is 41.7 Å². The number of benzene rings is 1. The minimum Gasteiger partial charge on any atom is -0.356 e. The summed E-state index contributed by atoms with van der Waals surface area (Å²) in [5.41, 5.74) is 2.63. The first-order chi connectivity index (χ1) is 13.9. The predicted octanol–water partition coefficient (Wildman–Crippen LogP) is 4.48. The molecule has 1 aromatic heterocycles. The summed E-state index contributed by atoms with van der Waals surface area (Å²) >= 11 is 1.66. The quantitative estimate of drug-likeness (QED) is 0.152. The average molecular weight is 545 g/mol. The Bertz CT molecular complexity index is 772. The normalized spacial score (nSPS) is 12.6. The third kappa shape index (κ3) is 8.45. The van der Waals surface area contributed by atoms with Crippen molar-refractivity contribution in [1.82, 2.24) is 25.4 Å². The number of nitrogens with zero attached hydrogens (tertiary/aromatic N) is 4. The summed E-state index contributed by atoms with van der Waals surface area (Å²) in [6.07, 6.45) is 3.95. The van der Waals surface area contributed by atoms with Crippen molar-refractivity contribution in [1.29, 1.82) is 0 Å². The first kappa shape index (κ1) is 26.7. The Kier molecular flexibility index (Phi) is 12.4. The fourth-order valence-electron chi connectivity index (χ4n) is 3.14. The van der Waals surface area contributed by atoms with Crippen molar-refractivity contribution in [3.8, 4) is 0 Å². The Hall–Kier alpha value is -1.29. The Morgan fingerprint density at radius 2 is 1.83 bits per heavy atom. The summed E-state index contributed by atoms with van der Waals surface area (Å²) in [7, 11) is 1.82. The Balaban J connectivity index is 0.00000450. The Morgan fingerprint density at radius 3 is 2.43 bits per heavy atom. The second-order valence-electron chi connectivity index (χ2n) is 7.90. The molecule has 2 N–H and O–H groups in total. The standard InChI is InChI=1S/C22H36N6S.HI/c1-16(2)15-28-20(26-27-22(28)29-6)8-7-13-24-21(23-5)25-14-18(4)19-11-9-17(3)10-12-19;/h9-12,16,18H,7-8,13-15H2,1-6H3,(H2,23,24,25);1H. The topological polar surface area (TPSA) is 67.1 Å². The summed E-state index contributed by atoms with van der Waals surface area (Å²) < 4.78 is 2.26. The van der Waals surface area contributed by atoms with Gasteiger partial charge in [0.2, 0.25) is 0 Å². The highest BCUT2D eigenvalue weighted by Gasteiger charge is 2.12. The van der Waals surface area contributed by atoms with E-state index in [9.17, 15) is 0 Å². The number of aliphatic imine (C=N–C) groups is 1. The summed E-state index contributed by atoms with van der Waals surface area (Å²) in [4.78, 5) is 4.34. The molecular weight excluding hydrogens is 507 g/mol.